The van der Waals surface area contributed by atoms with Crippen molar-refractivity contribution in [2.24, 2.45) is 17.8 Å². The quantitative estimate of drug-likeness (QED) is 0.652. The van der Waals surface area contributed by atoms with Crippen molar-refractivity contribution in [3.63, 3.8) is 0 Å². The largest absolute Gasteiger partial charge is 0.465 e. The molecule has 0 aromatic heterocycles. The van der Waals surface area contributed by atoms with Crippen LogP contribution in [-0.4, -0.2) is 25.2 Å². The second kappa shape index (κ2) is 10.0. The van der Waals surface area contributed by atoms with Crippen molar-refractivity contribution in [3.8, 4) is 0 Å². The molecule has 4 nitrogen and oxygen atoms in total. The summed E-state index contributed by atoms with van der Waals surface area (Å²) in [6.45, 7) is 8.66. The van der Waals surface area contributed by atoms with E-state index in [1.807, 2.05) is 58.0 Å². The lowest BCUT2D eigenvalue weighted by Gasteiger charge is -2.17. The topological polar surface area (TPSA) is 52.6 Å². The molecule has 0 aliphatic rings. The van der Waals surface area contributed by atoms with Crippen LogP contribution in [-0.2, 0) is 25.5 Å². The van der Waals surface area contributed by atoms with Gasteiger partial charge in [-0.1, -0.05) is 58.0 Å². The van der Waals surface area contributed by atoms with Gasteiger partial charge in [-0.3, -0.25) is 9.59 Å². The van der Waals surface area contributed by atoms with Crippen molar-refractivity contribution in [1.29, 1.82) is 0 Å². The summed E-state index contributed by atoms with van der Waals surface area (Å²) in [5, 5.41) is 0. The Morgan fingerprint density at radius 2 is 1.48 bits per heavy atom. The van der Waals surface area contributed by atoms with Gasteiger partial charge < -0.3 is 9.47 Å². The molecule has 0 aliphatic carbocycles. The van der Waals surface area contributed by atoms with Crippen LogP contribution in [0, 0.1) is 17.8 Å². The molecule has 0 fully saturated rings. The molecule has 0 amide bonds. The monoisotopic (exact) mass is 320 g/mol. The molecule has 1 aromatic carbocycles. The van der Waals surface area contributed by atoms with E-state index >= 15 is 0 Å². The van der Waals surface area contributed by atoms with Gasteiger partial charge in [-0.05, 0) is 23.8 Å². The lowest BCUT2D eigenvalue weighted by atomic mass is 9.96. The van der Waals surface area contributed by atoms with E-state index in [-0.39, 0.29) is 30.2 Å². The first kappa shape index (κ1) is 19.2. The van der Waals surface area contributed by atoms with Crippen LogP contribution in [0.25, 0.3) is 0 Å². The first-order chi connectivity index (χ1) is 10.9. The molecule has 0 saturated heterocycles. The maximum absolute atomic E-state index is 12.3. The molecule has 23 heavy (non-hydrogen) atoms. The number of hydrogen-bond acceptors (Lipinski definition) is 4. The SMILES string of the molecule is CC(C)COC(=O)CC(Cc1ccccc1)C(=O)OCC(C)C. The maximum Gasteiger partial charge on any atom is 0.309 e. The Kier molecular flexibility index (Phi) is 8.38. The molecule has 0 spiro atoms. The number of ether oxygens (including phenoxy) is 2. The van der Waals surface area contributed by atoms with Crippen LogP contribution in [0.4, 0.5) is 0 Å². The summed E-state index contributed by atoms with van der Waals surface area (Å²) in [7, 11) is 0. The van der Waals surface area contributed by atoms with E-state index in [2.05, 4.69) is 0 Å². The summed E-state index contributed by atoms with van der Waals surface area (Å²) in [4.78, 5) is 24.3. The third-order valence-corrected chi connectivity index (χ3v) is 3.21. The van der Waals surface area contributed by atoms with E-state index in [1.54, 1.807) is 0 Å². The van der Waals surface area contributed by atoms with E-state index in [9.17, 15) is 9.59 Å². The summed E-state index contributed by atoms with van der Waals surface area (Å²) < 4.78 is 10.5. The van der Waals surface area contributed by atoms with Gasteiger partial charge in [0.05, 0.1) is 25.6 Å². The lowest BCUT2D eigenvalue weighted by Crippen LogP contribution is -2.26. The van der Waals surface area contributed by atoms with Crippen LogP contribution in [0.2, 0.25) is 0 Å². The smallest absolute Gasteiger partial charge is 0.309 e. The third-order valence-electron chi connectivity index (χ3n) is 3.21. The van der Waals surface area contributed by atoms with Crippen LogP contribution in [0.3, 0.4) is 0 Å². The average molecular weight is 320 g/mol. The zero-order chi connectivity index (χ0) is 17.2. The second-order valence-electron chi connectivity index (χ2n) is 6.69. The fourth-order valence-corrected chi connectivity index (χ4v) is 2.02. The van der Waals surface area contributed by atoms with E-state index < -0.39 is 5.92 Å². The van der Waals surface area contributed by atoms with Gasteiger partial charge in [0.2, 0.25) is 0 Å². The van der Waals surface area contributed by atoms with Gasteiger partial charge in [0.25, 0.3) is 0 Å². The lowest BCUT2D eigenvalue weighted by molar-refractivity contribution is -0.156. The molecule has 1 rings (SSSR count). The van der Waals surface area contributed by atoms with Crippen LogP contribution < -0.4 is 0 Å². The summed E-state index contributed by atoms with van der Waals surface area (Å²) >= 11 is 0. The summed E-state index contributed by atoms with van der Waals surface area (Å²) in [5.74, 6) is -0.635. The second-order valence-corrected chi connectivity index (χ2v) is 6.69. The Hall–Kier alpha value is -1.84. The number of carbonyl (C=O) groups excluding carboxylic acids is 2. The molecule has 1 aromatic rings. The van der Waals surface area contributed by atoms with Gasteiger partial charge in [0.15, 0.2) is 0 Å². The molecular formula is C19H28O4. The molecule has 1 unspecified atom stereocenters. The third kappa shape index (κ3) is 8.38. The van der Waals surface area contributed by atoms with Crippen molar-refractivity contribution >= 4 is 11.9 Å². The van der Waals surface area contributed by atoms with Crippen LogP contribution >= 0.6 is 0 Å². The van der Waals surface area contributed by atoms with E-state index in [0.717, 1.165) is 5.56 Å². The molecule has 0 radical (unpaired) electrons. The Morgan fingerprint density at radius 1 is 0.913 bits per heavy atom. The van der Waals surface area contributed by atoms with Gasteiger partial charge in [0.1, 0.15) is 0 Å². The average Bonchev–Trinajstić information content (AvgIpc) is 2.51. The van der Waals surface area contributed by atoms with Gasteiger partial charge in [-0.25, -0.2) is 0 Å². The summed E-state index contributed by atoms with van der Waals surface area (Å²) in [5.41, 5.74) is 1.01. The molecule has 0 saturated carbocycles. The zero-order valence-corrected chi connectivity index (χ0v) is 14.6. The van der Waals surface area contributed by atoms with Crippen LogP contribution in [0.5, 0.6) is 0 Å². The standard InChI is InChI=1S/C19H28O4/c1-14(2)12-22-18(20)11-17(19(21)23-13-15(3)4)10-16-8-6-5-7-9-16/h5-9,14-15,17H,10-13H2,1-4H3. The Bertz CT molecular complexity index is 479. The highest BCUT2D eigenvalue weighted by molar-refractivity contribution is 5.80. The highest BCUT2D eigenvalue weighted by Gasteiger charge is 2.25. The summed E-state index contributed by atoms with van der Waals surface area (Å²) in [6.07, 6.45) is 0.535. The molecule has 4 heteroatoms. The molecule has 0 heterocycles. The highest BCUT2D eigenvalue weighted by atomic mass is 16.5. The fraction of sp³-hybridized carbons (Fsp3) is 0.579. The molecule has 128 valence electrons. The predicted molar refractivity (Wildman–Crippen MR) is 89.8 cm³/mol. The Balaban J connectivity index is 2.67. The normalized spacial score (nSPS) is 12.3. The van der Waals surface area contributed by atoms with Gasteiger partial charge >= 0.3 is 11.9 Å². The van der Waals surface area contributed by atoms with Crippen molar-refractivity contribution < 1.29 is 19.1 Å². The van der Waals surface area contributed by atoms with Gasteiger partial charge in [0, 0.05) is 0 Å². The van der Waals surface area contributed by atoms with E-state index in [0.29, 0.717) is 19.6 Å². The fourth-order valence-electron chi connectivity index (χ4n) is 2.02. The van der Waals surface area contributed by atoms with Crippen molar-refractivity contribution in [2.75, 3.05) is 13.2 Å². The van der Waals surface area contributed by atoms with Crippen LogP contribution in [0.1, 0.15) is 39.7 Å². The van der Waals surface area contributed by atoms with Crippen LogP contribution in [0.15, 0.2) is 30.3 Å². The molecule has 0 aliphatic heterocycles. The molecule has 1 atom stereocenters. The molecule has 0 bridgehead atoms. The Labute approximate surface area is 139 Å². The highest BCUT2D eigenvalue weighted by Crippen LogP contribution is 2.16. The maximum atomic E-state index is 12.3. The zero-order valence-electron chi connectivity index (χ0n) is 14.6. The van der Waals surface area contributed by atoms with Crippen molar-refractivity contribution in [1.82, 2.24) is 0 Å². The number of benzene rings is 1. The Morgan fingerprint density at radius 3 is 2.04 bits per heavy atom. The first-order valence-electron chi connectivity index (χ1n) is 8.24. The minimum Gasteiger partial charge on any atom is -0.465 e. The first-order valence-corrected chi connectivity index (χ1v) is 8.24. The number of carbonyl (C=O) groups is 2. The minimum absolute atomic E-state index is 0.0541. The molecule has 0 N–H and O–H groups in total. The number of rotatable bonds is 9. The van der Waals surface area contributed by atoms with E-state index in [1.165, 1.54) is 0 Å². The van der Waals surface area contributed by atoms with Crippen molar-refractivity contribution in [2.45, 2.75) is 40.5 Å². The number of esters is 2. The van der Waals surface area contributed by atoms with E-state index in [4.69, 9.17) is 9.47 Å². The van der Waals surface area contributed by atoms with Gasteiger partial charge in [-0.15, -0.1) is 0 Å². The van der Waals surface area contributed by atoms with Gasteiger partial charge in [-0.2, -0.15) is 0 Å². The summed E-state index contributed by atoms with van der Waals surface area (Å²) in [6, 6.07) is 9.66. The van der Waals surface area contributed by atoms with Crippen molar-refractivity contribution in [3.05, 3.63) is 35.9 Å². The minimum atomic E-state index is -0.504. The predicted octanol–water partition coefficient (Wildman–Crippen LogP) is 3.63. The number of hydrogen-bond donors (Lipinski definition) is 0. The molecular weight excluding hydrogens is 292 g/mol.